The van der Waals surface area contributed by atoms with Gasteiger partial charge in [0.15, 0.2) is 0 Å². The van der Waals surface area contributed by atoms with Crippen molar-refractivity contribution in [2.75, 3.05) is 6.61 Å². The fraction of sp³-hybridized carbons (Fsp3) is 0.571. The summed E-state index contributed by atoms with van der Waals surface area (Å²) in [4.78, 5) is 36.5. The summed E-state index contributed by atoms with van der Waals surface area (Å²) in [5, 5.41) is 2.24. The van der Waals surface area contributed by atoms with Gasteiger partial charge in [0.25, 0.3) is 0 Å². The topological polar surface area (TPSA) is 90.9 Å². The highest BCUT2D eigenvalue weighted by molar-refractivity contribution is 6.76. The summed E-state index contributed by atoms with van der Waals surface area (Å²) in [5.41, 5.74) is -0.902. The highest BCUT2D eigenvalue weighted by atomic mass is 28.3. The number of nitrogens with one attached hydrogen (secondary N) is 1. The number of carbonyl (C=O) groups is 3. The van der Waals surface area contributed by atoms with Gasteiger partial charge in [0, 0.05) is 14.5 Å². The Hall–Kier alpha value is -2.70. The van der Waals surface area contributed by atoms with Crippen LogP contribution in [0.25, 0.3) is 0 Å². The maximum absolute atomic E-state index is 13.7. The van der Waals surface area contributed by atoms with Crippen LogP contribution in [0.3, 0.4) is 0 Å². The molecule has 13 heteroatoms. The van der Waals surface area contributed by atoms with E-state index in [-0.39, 0.29) is 6.61 Å². The van der Waals surface area contributed by atoms with Gasteiger partial charge in [-0.2, -0.15) is 8.78 Å². The summed E-state index contributed by atoms with van der Waals surface area (Å²) in [7, 11) is -1.55. The van der Waals surface area contributed by atoms with Crippen LogP contribution < -0.4 is 10.1 Å². The summed E-state index contributed by atoms with van der Waals surface area (Å²) >= 11 is 0. The molecule has 0 saturated heterocycles. The van der Waals surface area contributed by atoms with Crippen LogP contribution in [0.15, 0.2) is 0 Å². The van der Waals surface area contributed by atoms with Gasteiger partial charge in [0.2, 0.25) is 34.8 Å². The lowest BCUT2D eigenvalue weighted by Gasteiger charge is -2.23. The first-order valence-corrected chi connectivity index (χ1v) is 14.0. The number of ether oxygens (including phenoxy) is 3. The van der Waals surface area contributed by atoms with Gasteiger partial charge in [-0.1, -0.05) is 19.6 Å². The first-order chi connectivity index (χ1) is 15.4. The second-order valence-corrected chi connectivity index (χ2v) is 15.2. The molecule has 34 heavy (non-hydrogen) atoms. The number of alkyl carbamates (subject to hydrolysis) is 1. The van der Waals surface area contributed by atoms with Crippen molar-refractivity contribution in [2.45, 2.75) is 70.9 Å². The van der Waals surface area contributed by atoms with Crippen LogP contribution in [-0.2, 0) is 19.1 Å². The molecule has 1 rings (SSSR count). The predicted octanol–water partition coefficient (Wildman–Crippen LogP) is 4.84. The van der Waals surface area contributed by atoms with Crippen molar-refractivity contribution in [2.24, 2.45) is 0 Å². The van der Waals surface area contributed by atoms with Gasteiger partial charge in [-0.05, 0) is 33.2 Å². The Morgan fingerprint density at radius 3 is 1.88 bits per heavy atom. The molecule has 0 unspecified atom stereocenters. The van der Waals surface area contributed by atoms with E-state index < -0.39 is 85.4 Å². The minimum absolute atomic E-state index is 0.0655. The Morgan fingerprint density at radius 1 is 0.912 bits per heavy atom. The lowest BCUT2D eigenvalue weighted by Crippen LogP contribution is -2.44. The number of hydrogen-bond donors (Lipinski definition) is 1. The van der Waals surface area contributed by atoms with Crippen LogP contribution in [0.1, 0.15) is 33.6 Å². The summed E-state index contributed by atoms with van der Waals surface area (Å²) in [6.07, 6.45) is -2.18. The van der Waals surface area contributed by atoms with Crippen LogP contribution in [0.4, 0.5) is 26.7 Å². The summed E-state index contributed by atoms with van der Waals surface area (Å²) in [5.74, 6) is -15.7. The van der Waals surface area contributed by atoms with Gasteiger partial charge in [-0.15, -0.1) is 0 Å². The SMILES string of the molecule is CC(C)(C)OC(=O)N[C@H](CCC(=O)Oc1c(F)c(F)c(F)c(F)c1F)C(=O)OCC[Si](C)(C)C. The van der Waals surface area contributed by atoms with Gasteiger partial charge in [0.05, 0.1) is 6.61 Å². The number of carbonyl (C=O) groups excluding carboxylic acids is 3. The molecule has 1 amide bonds. The molecular weight excluding hydrogens is 485 g/mol. The summed E-state index contributed by atoms with van der Waals surface area (Å²) < 4.78 is 81.6. The van der Waals surface area contributed by atoms with Crippen LogP contribution in [0.5, 0.6) is 5.75 Å². The second-order valence-electron chi connectivity index (χ2n) is 9.59. The molecule has 0 saturated carbocycles. The Bertz CT molecular complexity index is 901. The fourth-order valence-corrected chi connectivity index (χ4v) is 3.07. The molecule has 0 aliphatic heterocycles. The molecule has 0 fully saturated rings. The molecule has 0 radical (unpaired) electrons. The quantitative estimate of drug-likeness (QED) is 0.127. The lowest BCUT2D eigenvalue weighted by molar-refractivity contribution is -0.146. The van der Waals surface area contributed by atoms with Crippen molar-refractivity contribution >= 4 is 26.1 Å². The molecule has 1 aromatic rings. The van der Waals surface area contributed by atoms with Crippen LogP contribution >= 0.6 is 0 Å². The molecule has 192 valence electrons. The molecule has 0 aliphatic rings. The molecule has 0 heterocycles. The van der Waals surface area contributed by atoms with Gasteiger partial charge >= 0.3 is 18.0 Å². The van der Waals surface area contributed by atoms with Crippen molar-refractivity contribution in [3.63, 3.8) is 0 Å². The van der Waals surface area contributed by atoms with E-state index in [4.69, 9.17) is 9.47 Å². The van der Waals surface area contributed by atoms with E-state index >= 15 is 0 Å². The van der Waals surface area contributed by atoms with Gasteiger partial charge in [-0.3, -0.25) is 4.79 Å². The zero-order valence-electron chi connectivity index (χ0n) is 19.7. The van der Waals surface area contributed by atoms with E-state index in [1.807, 2.05) is 19.6 Å². The number of esters is 2. The van der Waals surface area contributed by atoms with Gasteiger partial charge in [-0.25, -0.2) is 22.8 Å². The molecule has 0 spiro atoms. The van der Waals surface area contributed by atoms with Crippen molar-refractivity contribution < 1.29 is 50.5 Å². The number of hydrogen-bond acceptors (Lipinski definition) is 6. The van der Waals surface area contributed by atoms with Crippen molar-refractivity contribution in [3.05, 3.63) is 29.1 Å². The maximum Gasteiger partial charge on any atom is 0.408 e. The molecular formula is C21H28F5NO6Si. The molecule has 0 aromatic heterocycles. The third-order valence-corrected chi connectivity index (χ3v) is 5.80. The number of benzene rings is 1. The third kappa shape index (κ3) is 9.27. The number of halogens is 5. The normalized spacial score (nSPS) is 12.7. The highest BCUT2D eigenvalue weighted by Gasteiger charge is 2.30. The van der Waals surface area contributed by atoms with E-state index in [0.29, 0.717) is 6.04 Å². The van der Waals surface area contributed by atoms with Gasteiger partial charge < -0.3 is 19.5 Å². The second kappa shape index (κ2) is 11.6. The first kappa shape index (κ1) is 29.3. The van der Waals surface area contributed by atoms with E-state index in [0.717, 1.165) is 0 Å². The maximum atomic E-state index is 13.7. The minimum Gasteiger partial charge on any atom is -0.464 e. The largest absolute Gasteiger partial charge is 0.464 e. The summed E-state index contributed by atoms with van der Waals surface area (Å²) in [6, 6.07) is -0.777. The molecule has 1 aromatic carbocycles. The number of rotatable bonds is 9. The van der Waals surface area contributed by atoms with Crippen LogP contribution in [0, 0.1) is 29.1 Å². The summed E-state index contributed by atoms with van der Waals surface area (Å²) in [6.45, 7) is 10.9. The zero-order chi connectivity index (χ0) is 26.4. The molecule has 7 nitrogen and oxygen atoms in total. The Labute approximate surface area is 194 Å². The van der Waals surface area contributed by atoms with Gasteiger partial charge in [0.1, 0.15) is 11.6 Å². The van der Waals surface area contributed by atoms with E-state index in [1.165, 1.54) is 0 Å². The molecule has 0 bridgehead atoms. The van der Waals surface area contributed by atoms with E-state index in [2.05, 4.69) is 10.1 Å². The Kier molecular flexibility index (Phi) is 10.0. The van der Waals surface area contributed by atoms with E-state index in [1.54, 1.807) is 20.8 Å². The standard InChI is InChI=1S/C21H28F5NO6Si/c1-21(2,3)33-20(30)27-11(19(29)31-9-10-34(4,5)6)7-8-12(28)32-18-16(25)14(23)13(22)15(24)17(18)26/h11H,7-10H2,1-6H3,(H,27,30)/t11-/m1/s1. The Morgan fingerprint density at radius 2 is 1.41 bits per heavy atom. The Balaban J connectivity index is 2.91. The smallest absolute Gasteiger partial charge is 0.408 e. The molecule has 0 aliphatic carbocycles. The average Bonchev–Trinajstić information content (AvgIpc) is 2.68. The number of amides is 1. The average molecular weight is 514 g/mol. The van der Waals surface area contributed by atoms with Crippen LogP contribution in [0.2, 0.25) is 25.7 Å². The van der Waals surface area contributed by atoms with Crippen LogP contribution in [-0.4, -0.2) is 44.4 Å². The highest BCUT2D eigenvalue weighted by Crippen LogP contribution is 2.29. The van der Waals surface area contributed by atoms with Crippen molar-refractivity contribution in [1.29, 1.82) is 0 Å². The van der Waals surface area contributed by atoms with Crippen molar-refractivity contribution in [1.82, 2.24) is 5.32 Å². The monoisotopic (exact) mass is 513 g/mol. The lowest BCUT2D eigenvalue weighted by atomic mass is 10.1. The molecule has 1 atom stereocenters. The fourth-order valence-electron chi connectivity index (χ4n) is 2.36. The zero-order valence-corrected chi connectivity index (χ0v) is 20.7. The van der Waals surface area contributed by atoms with Crippen molar-refractivity contribution in [3.8, 4) is 5.75 Å². The minimum atomic E-state index is -2.41. The predicted molar refractivity (Wildman–Crippen MR) is 113 cm³/mol. The van der Waals surface area contributed by atoms with E-state index in [9.17, 15) is 36.3 Å². The third-order valence-electron chi connectivity index (χ3n) is 4.09. The molecule has 1 N–H and O–H groups in total. The first-order valence-electron chi connectivity index (χ1n) is 10.3.